The lowest BCUT2D eigenvalue weighted by Gasteiger charge is -2.20. The molecule has 2 rings (SSSR count). The molecule has 2 heteroatoms. The Labute approximate surface area is 84.4 Å². The molecule has 1 aliphatic heterocycles. The van der Waals surface area contributed by atoms with Gasteiger partial charge in [0.05, 0.1) is 0 Å². The lowest BCUT2D eigenvalue weighted by Crippen LogP contribution is -2.25. The second-order valence-electron chi connectivity index (χ2n) is 3.99. The fraction of sp³-hybridized carbons (Fsp3) is 0.636. The van der Waals surface area contributed by atoms with Crippen LogP contribution in [0, 0.1) is 6.92 Å². The highest BCUT2D eigenvalue weighted by molar-refractivity contribution is 7.10. The number of rotatable bonds is 2. The summed E-state index contributed by atoms with van der Waals surface area (Å²) in [4.78, 5) is 4.15. The Morgan fingerprint density at radius 1 is 1.62 bits per heavy atom. The SMILES string of the molecule is Cc1ccsc1CN1CCCC1C. The Kier molecular flexibility index (Phi) is 2.70. The monoisotopic (exact) mass is 195 g/mol. The van der Waals surface area contributed by atoms with Crippen molar-refractivity contribution in [1.29, 1.82) is 0 Å². The zero-order valence-electron chi connectivity index (χ0n) is 8.42. The van der Waals surface area contributed by atoms with Crippen LogP contribution in [0.25, 0.3) is 0 Å². The smallest absolute Gasteiger partial charge is 0.0333 e. The van der Waals surface area contributed by atoms with Crippen LogP contribution in [0.5, 0.6) is 0 Å². The molecule has 0 saturated carbocycles. The van der Waals surface area contributed by atoms with Crippen molar-refractivity contribution < 1.29 is 0 Å². The summed E-state index contributed by atoms with van der Waals surface area (Å²) in [5, 5.41) is 2.20. The highest BCUT2D eigenvalue weighted by Gasteiger charge is 2.20. The molecular formula is C11H17NS. The van der Waals surface area contributed by atoms with Crippen molar-refractivity contribution in [2.24, 2.45) is 0 Å². The van der Waals surface area contributed by atoms with E-state index >= 15 is 0 Å². The molecule has 1 aliphatic rings. The Balaban J connectivity index is 2.01. The van der Waals surface area contributed by atoms with E-state index < -0.39 is 0 Å². The van der Waals surface area contributed by atoms with Gasteiger partial charge in [-0.25, -0.2) is 0 Å². The van der Waals surface area contributed by atoms with E-state index in [-0.39, 0.29) is 0 Å². The first-order chi connectivity index (χ1) is 6.27. The zero-order valence-corrected chi connectivity index (χ0v) is 9.23. The van der Waals surface area contributed by atoms with E-state index in [4.69, 9.17) is 0 Å². The summed E-state index contributed by atoms with van der Waals surface area (Å²) in [6.45, 7) is 7.02. The minimum atomic E-state index is 0.793. The molecular weight excluding hydrogens is 178 g/mol. The molecule has 0 aliphatic carbocycles. The molecule has 0 spiro atoms. The largest absolute Gasteiger partial charge is 0.296 e. The fourth-order valence-corrected chi connectivity index (χ4v) is 2.91. The quantitative estimate of drug-likeness (QED) is 0.701. The van der Waals surface area contributed by atoms with Gasteiger partial charge in [0.15, 0.2) is 0 Å². The molecule has 1 unspecified atom stereocenters. The molecule has 1 fully saturated rings. The third kappa shape index (κ3) is 1.94. The molecule has 0 radical (unpaired) electrons. The molecule has 1 aromatic heterocycles. The molecule has 1 aromatic rings. The number of thiophene rings is 1. The van der Waals surface area contributed by atoms with E-state index in [9.17, 15) is 0 Å². The molecule has 0 N–H and O–H groups in total. The van der Waals surface area contributed by atoms with Crippen molar-refractivity contribution in [2.45, 2.75) is 39.3 Å². The Morgan fingerprint density at radius 2 is 2.46 bits per heavy atom. The first-order valence-corrected chi connectivity index (χ1v) is 5.92. The molecule has 1 saturated heterocycles. The van der Waals surface area contributed by atoms with Crippen LogP contribution in [0.2, 0.25) is 0 Å². The summed E-state index contributed by atoms with van der Waals surface area (Å²) in [5.74, 6) is 0. The van der Waals surface area contributed by atoms with Gasteiger partial charge in [0.2, 0.25) is 0 Å². The van der Waals surface area contributed by atoms with Crippen molar-refractivity contribution in [3.63, 3.8) is 0 Å². The predicted octanol–water partition coefficient (Wildman–Crippen LogP) is 3.04. The number of hydrogen-bond donors (Lipinski definition) is 0. The van der Waals surface area contributed by atoms with Gasteiger partial charge in [-0.15, -0.1) is 11.3 Å². The van der Waals surface area contributed by atoms with Gasteiger partial charge in [0, 0.05) is 17.5 Å². The van der Waals surface area contributed by atoms with Crippen LogP contribution in [0.1, 0.15) is 30.2 Å². The van der Waals surface area contributed by atoms with E-state index in [1.807, 2.05) is 11.3 Å². The molecule has 0 aromatic carbocycles. The van der Waals surface area contributed by atoms with Crippen molar-refractivity contribution in [2.75, 3.05) is 6.54 Å². The number of aryl methyl sites for hydroxylation is 1. The van der Waals surface area contributed by atoms with Crippen LogP contribution in [0.15, 0.2) is 11.4 Å². The maximum Gasteiger partial charge on any atom is 0.0333 e. The fourth-order valence-electron chi connectivity index (χ4n) is 1.98. The summed E-state index contributed by atoms with van der Waals surface area (Å²) < 4.78 is 0. The van der Waals surface area contributed by atoms with Crippen LogP contribution in [0.3, 0.4) is 0 Å². The average Bonchev–Trinajstić information content (AvgIpc) is 2.65. The van der Waals surface area contributed by atoms with Crippen molar-refractivity contribution in [3.8, 4) is 0 Å². The van der Waals surface area contributed by atoms with Gasteiger partial charge in [-0.3, -0.25) is 4.90 Å². The first kappa shape index (κ1) is 9.22. The van der Waals surface area contributed by atoms with Gasteiger partial charge in [-0.1, -0.05) is 0 Å². The van der Waals surface area contributed by atoms with Crippen LogP contribution < -0.4 is 0 Å². The Hall–Kier alpha value is -0.340. The highest BCUT2D eigenvalue weighted by Crippen LogP contribution is 2.23. The maximum absolute atomic E-state index is 2.60. The maximum atomic E-state index is 2.60. The van der Waals surface area contributed by atoms with Gasteiger partial charge in [0.25, 0.3) is 0 Å². The van der Waals surface area contributed by atoms with Gasteiger partial charge >= 0.3 is 0 Å². The first-order valence-electron chi connectivity index (χ1n) is 5.04. The number of likely N-dealkylation sites (tertiary alicyclic amines) is 1. The Bertz CT molecular complexity index is 279. The lowest BCUT2D eigenvalue weighted by molar-refractivity contribution is 0.262. The summed E-state index contributed by atoms with van der Waals surface area (Å²) in [6.07, 6.45) is 2.76. The minimum Gasteiger partial charge on any atom is -0.296 e. The second kappa shape index (κ2) is 3.81. The summed E-state index contributed by atoms with van der Waals surface area (Å²) in [6, 6.07) is 3.02. The Morgan fingerprint density at radius 3 is 3.00 bits per heavy atom. The van der Waals surface area contributed by atoms with Crippen molar-refractivity contribution in [1.82, 2.24) is 4.90 Å². The average molecular weight is 195 g/mol. The van der Waals surface area contributed by atoms with Crippen LogP contribution in [-0.2, 0) is 6.54 Å². The van der Waals surface area contributed by atoms with Crippen LogP contribution in [0.4, 0.5) is 0 Å². The topological polar surface area (TPSA) is 3.24 Å². The summed E-state index contributed by atoms with van der Waals surface area (Å²) in [7, 11) is 0. The molecule has 1 nitrogen and oxygen atoms in total. The van der Waals surface area contributed by atoms with E-state index in [0.29, 0.717) is 0 Å². The van der Waals surface area contributed by atoms with E-state index in [0.717, 1.165) is 6.04 Å². The van der Waals surface area contributed by atoms with Gasteiger partial charge in [-0.05, 0) is 50.2 Å². The predicted molar refractivity (Wildman–Crippen MR) is 58.2 cm³/mol. The third-order valence-corrected chi connectivity index (χ3v) is 4.01. The van der Waals surface area contributed by atoms with Crippen molar-refractivity contribution >= 4 is 11.3 Å². The standard InChI is InChI=1S/C11H17NS/c1-9-5-7-13-11(9)8-12-6-3-4-10(12)2/h5,7,10H,3-4,6,8H2,1-2H3. The van der Waals surface area contributed by atoms with E-state index in [1.54, 1.807) is 4.88 Å². The third-order valence-electron chi connectivity index (χ3n) is 3.01. The van der Waals surface area contributed by atoms with Gasteiger partial charge in [-0.2, -0.15) is 0 Å². The van der Waals surface area contributed by atoms with Crippen molar-refractivity contribution in [3.05, 3.63) is 21.9 Å². The molecule has 13 heavy (non-hydrogen) atoms. The number of hydrogen-bond acceptors (Lipinski definition) is 2. The molecule has 2 heterocycles. The molecule has 1 atom stereocenters. The normalized spacial score (nSPS) is 24.0. The lowest BCUT2D eigenvalue weighted by atomic mass is 10.2. The van der Waals surface area contributed by atoms with Crippen LogP contribution >= 0.6 is 11.3 Å². The highest BCUT2D eigenvalue weighted by atomic mass is 32.1. The van der Waals surface area contributed by atoms with Crippen LogP contribution in [-0.4, -0.2) is 17.5 Å². The molecule has 0 bridgehead atoms. The molecule has 0 amide bonds. The van der Waals surface area contributed by atoms with Gasteiger partial charge in [0.1, 0.15) is 0 Å². The zero-order chi connectivity index (χ0) is 9.26. The van der Waals surface area contributed by atoms with Gasteiger partial charge < -0.3 is 0 Å². The van der Waals surface area contributed by atoms with E-state index in [1.165, 1.54) is 31.5 Å². The number of nitrogens with zero attached hydrogens (tertiary/aromatic N) is 1. The second-order valence-corrected chi connectivity index (χ2v) is 4.99. The van der Waals surface area contributed by atoms with E-state index in [2.05, 4.69) is 30.2 Å². The summed E-state index contributed by atoms with van der Waals surface area (Å²) >= 11 is 1.90. The minimum absolute atomic E-state index is 0.793. The summed E-state index contributed by atoms with van der Waals surface area (Å²) in [5.41, 5.74) is 1.46. The molecule has 72 valence electrons.